The van der Waals surface area contributed by atoms with E-state index in [-0.39, 0.29) is 5.91 Å². The second-order valence-electron chi connectivity index (χ2n) is 5.01. The van der Waals surface area contributed by atoms with E-state index in [4.69, 9.17) is 11.6 Å². The van der Waals surface area contributed by atoms with Gasteiger partial charge < -0.3 is 0 Å². The van der Waals surface area contributed by atoms with Crippen LogP contribution in [0.1, 0.15) is 25.7 Å². The molecule has 1 aromatic carbocycles. The fourth-order valence-corrected chi connectivity index (χ4v) is 2.98. The quantitative estimate of drug-likeness (QED) is 0.847. The maximum absolute atomic E-state index is 12.0. The van der Waals surface area contributed by atoms with Gasteiger partial charge in [0, 0.05) is 0 Å². The monoisotopic (exact) mass is 278 g/mol. The number of hydrogen-bond acceptors (Lipinski definition) is 2. The molecule has 0 atom stereocenters. The molecular formula is C14H17ClN3O+. The number of amides is 1. The summed E-state index contributed by atoms with van der Waals surface area (Å²) >= 11 is 6.14. The van der Waals surface area contributed by atoms with Crippen molar-refractivity contribution in [2.24, 2.45) is 0 Å². The van der Waals surface area contributed by atoms with Crippen molar-refractivity contribution in [2.45, 2.75) is 31.7 Å². The second-order valence-corrected chi connectivity index (χ2v) is 5.42. The average molecular weight is 279 g/mol. The van der Waals surface area contributed by atoms with Gasteiger partial charge in [-0.05, 0) is 37.8 Å². The molecule has 3 rings (SSSR count). The summed E-state index contributed by atoms with van der Waals surface area (Å²) in [6.45, 7) is 0.364. The number of benzene rings is 1. The van der Waals surface area contributed by atoms with E-state index in [0.29, 0.717) is 17.6 Å². The highest BCUT2D eigenvalue weighted by Gasteiger charge is 2.40. The highest BCUT2D eigenvalue weighted by Crippen LogP contribution is 2.25. The van der Waals surface area contributed by atoms with Gasteiger partial charge in [0.15, 0.2) is 6.54 Å². The summed E-state index contributed by atoms with van der Waals surface area (Å²) in [4.78, 5) is 17.0. The topological polar surface area (TPSA) is 46.3 Å². The van der Waals surface area contributed by atoms with Crippen LogP contribution in [-0.4, -0.2) is 29.4 Å². The van der Waals surface area contributed by atoms with E-state index in [1.54, 1.807) is 0 Å². The van der Waals surface area contributed by atoms with Crippen LogP contribution in [0.25, 0.3) is 0 Å². The van der Waals surface area contributed by atoms with Crippen LogP contribution in [0.3, 0.4) is 0 Å². The minimum absolute atomic E-state index is 0.140. The first-order valence-electron chi connectivity index (χ1n) is 6.70. The minimum atomic E-state index is 0.140. The first-order valence-corrected chi connectivity index (χ1v) is 7.08. The highest BCUT2D eigenvalue weighted by atomic mass is 35.5. The zero-order valence-corrected chi connectivity index (χ0v) is 11.4. The summed E-state index contributed by atoms with van der Waals surface area (Å²) in [5.74, 6) is 0.909. The highest BCUT2D eigenvalue weighted by molar-refractivity contribution is 6.33. The van der Waals surface area contributed by atoms with Gasteiger partial charge in [-0.2, -0.15) is 4.90 Å². The molecule has 0 aromatic heterocycles. The van der Waals surface area contributed by atoms with Crippen molar-refractivity contribution in [2.75, 3.05) is 11.9 Å². The summed E-state index contributed by atoms with van der Waals surface area (Å²) in [6, 6.07) is 7.88. The number of halogens is 1. The van der Waals surface area contributed by atoms with E-state index < -0.39 is 0 Å². The molecular weight excluding hydrogens is 262 g/mol. The molecule has 0 radical (unpaired) electrons. The molecule has 4 nitrogen and oxygen atoms in total. The van der Waals surface area contributed by atoms with Gasteiger partial charge in [0.1, 0.15) is 5.69 Å². The molecule has 1 fully saturated rings. The smallest absolute Gasteiger partial charge is 0.266 e. The van der Waals surface area contributed by atoms with E-state index in [0.717, 1.165) is 24.5 Å². The molecule has 5 heteroatoms. The van der Waals surface area contributed by atoms with E-state index in [9.17, 15) is 4.79 Å². The van der Waals surface area contributed by atoms with Crippen LogP contribution in [0, 0.1) is 0 Å². The molecule has 19 heavy (non-hydrogen) atoms. The molecule has 0 saturated heterocycles. The summed E-state index contributed by atoms with van der Waals surface area (Å²) in [5, 5.41) is 3.90. The van der Waals surface area contributed by atoms with Crippen LogP contribution in [0.15, 0.2) is 24.3 Å². The number of carbonyl (C=O) groups excluding carboxylic acids is 1. The lowest BCUT2D eigenvalue weighted by molar-refractivity contribution is -0.438. The molecule has 0 unspecified atom stereocenters. The van der Waals surface area contributed by atoms with Crippen LogP contribution < -0.4 is 10.3 Å². The first-order chi connectivity index (χ1) is 9.25. The lowest BCUT2D eigenvalue weighted by atomic mass is 10.2. The number of para-hydroxylation sites is 1. The molecule has 0 spiro atoms. The summed E-state index contributed by atoms with van der Waals surface area (Å²) in [5.41, 5.74) is 0.823. The normalized spacial score (nSPS) is 19.9. The van der Waals surface area contributed by atoms with Crippen molar-refractivity contribution in [1.29, 1.82) is 0 Å². The van der Waals surface area contributed by atoms with Crippen LogP contribution in [0.2, 0.25) is 5.02 Å². The van der Waals surface area contributed by atoms with E-state index in [2.05, 4.69) is 10.3 Å². The predicted molar refractivity (Wildman–Crippen MR) is 75.0 cm³/mol. The number of anilines is 1. The molecule has 2 aliphatic rings. The predicted octanol–water partition coefficient (Wildman–Crippen LogP) is 0.973. The van der Waals surface area contributed by atoms with Crippen LogP contribution in [0.4, 0.5) is 5.69 Å². The Morgan fingerprint density at radius 1 is 1.26 bits per heavy atom. The zero-order chi connectivity index (χ0) is 13.2. The molecule has 1 amide bonds. The van der Waals surface area contributed by atoms with Gasteiger partial charge in [-0.15, -0.1) is 0 Å². The summed E-state index contributed by atoms with van der Waals surface area (Å²) in [7, 11) is 0. The summed E-state index contributed by atoms with van der Waals surface area (Å²) < 4.78 is 0. The van der Waals surface area contributed by atoms with Crippen molar-refractivity contribution < 1.29 is 9.79 Å². The van der Waals surface area contributed by atoms with Gasteiger partial charge in [-0.3, -0.25) is 9.79 Å². The van der Waals surface area contributed by atoms with Crippen LogP contribution in [-0.2, 0) is 4.79 Å². The lowest BCUT2D eigenvalue weighted by Crippen LogP contribution is -2.73. The minimum Gasteiger partial charge on any atom is -0.266 e. The molecule has 1 heterocycles. The number of carbonyl (C=O) groups is 1. The average Bonchev–Trinajstić information content (AvgIpc) is 3.02. The van der Waals surface area contributed by atoms with Gasteiger partial charge >= 0.3 is 11.9 Å². The Morgan fingerprint density at radius 3 is 2.74 bits per heavy atom. The largest absolute Gasteiger partial charge is 0.358 e. The standard InChI is InChI=1S/C14H16ClN3O/c15-11-7-3-4-8-12(11)17-14-16-9-13(19)18(14)10-5-1-2-6-10/h3-4,7-8,10H,1-2,5-6,9H2,(H,16,17)/p+1. The van der Waals surface area contributed by atoms with Crippen molar-refractivity contribution in [3.8, 4) is 0 Å². The molecule has 1 saturated carbocycles. The van der Waals surface area contributed by atoms with Crippen molar-refractivity contribution in [1.82, 2.24) is 4.90 Å². The van der Waals surface area contributed by atoms with Crippen molar-refractivity contribution >= 4 is 29.2 Å². The Kier molecular flexibility index (Phi) is 3.42. The van der Waals surface area contributed by atoms with Gasteiger partial charge in [0.2, 0.25) is 0 Å². The molecule has 1 aliphatic heterocycles. The third kappa shape index (κ3) is 2.45. The second kappa shape index (κ2) is 5.21. The zero-order valence-electron chi connectivity index (χ0n) is 10.7. The Bertz CT molecular complexity index is 523. The van der Waals surface area contributed by atoms with Crippen LogP contribution in [0.5, 0.6) is 0 Å². The van der Waals surface area contributed by atoms with E-state index >= 15 is 0 Å². The van der Waals surface area contributed by atoms with Gasteiger partial charge in [-0.25, -0.2) is 5.32 Å². The van der Waals surface area contributed by atoms with E-state index in [1.807, 2.05) is 29.2 Å². The number of guanidine groups is 1. The Morgan fingerprint density at radius 2 is 2.00 bits per heavy atom. The molecule has 2 N–H and O–H groups in total. The number of nitrogens with zero attached hydrogens (tertiary/aromatic N) is 1. The number of hydrogen-bond donors (Lipinski definition) is 2. The molecule has 1 aliphatic carbocycles. The Hall–Kier alpha value is -1.55. The molecule has 1 aromatic rings. The van der Waals surface area contributed by atoms with Gasteiger partial charge in [0.25, 0.3) is 0 Å². The Labute approximate surface area is 117 Å². The number of nitrogens with one attached hydrogen (secondary N) is 2. The maximum atomic E-state index is 12.0. The van der Waals surface area contributed by atoms with Crippen molar-refractivity contribution in [3.05, 3.63) is 29.3 Å². The summed E-state index contributed by atoms with van der Waals surface area (Å²) in [6.07, 6.45) is 4.57. The third-order valence-electron chi connectivity index (χ3n) is 3.73. The lowest BCUT2D eigenvalue weighted by Gasteiger charge is -2.19. The fraction of sp³-hybridized carbons (Fsp3) is 0.429. The third-order valence-corrected chi connectivity index (χ3v) is 4.06. The molecule has 100 valence electrons. The van der Waals surface area contributed by atoms with Crippen molar-refractivity contribution in [3.63, 3.8) is 0 Å². The Balaban J connectivity index is 1.79. The van der Waals surface area contributed by atoms with E-state index in [1.165, 1.54) is 12.8 Å². The van der Waals surface area contributed by atoms with Gasteiger partial charge in [0.05, 0.1) is 11.1 Å². The SMILES string of the molecule is O=C1C[NH+]=C(Nc2ccccc2Cl)N1C1CCCC1. The fourth-order valence-electron chi connectivity index (χ4n) is 2.80. The maximum Gasteiger partial charge on any atom is 0.358 e. The number of rotatable bonds is 2. The molecule has 0 bridgehead atoms. The van der Waals surface area contributed by atoms with Gasteiger partial charge in [-0.1, -0.05) is 23.7 Å². The van der Waals surface area contributed by atoms with Crippen LogP contribution >= 0.6 is 11.6 Å². The first kappa shape index (κ1) is 12.5.